The molecule has 19 heavy (non-hydrogen) atoms. The lowest BCUT2D eigenvalue weighted by Gasteiger charge is -2.29. The molecule has 0 spiro atoms. The van der Waals surface area contributed by atoms with Crippen molar-refractivity contribution in [1.82, 2.24) is 4.90 Å². The number of rotatable bonds is 3. The number of piperidine rings is 1. The van der Waals surface area contributed by atoms with Crippen LogP contribution in [0.1, 0.15) is 12.8 Å². The summed E-state index contributed by atoms with van der Waals surface area (Å²) in [7, 11) is 0. The number of amides is 1. The van der Waals surface area contributed by atoms with E-state index in [0.717, 1.165) is 25.5 Å². The summed E-state index contributed by atoms with van der Waals surface area (Å²) in [4.78, 5) is 13.7. The number of halogens is 2. The van der Waals surface area contributed by atoms with Gasteiger partial charge in [0.2, 0.25) is 5.91 Å². The Bertz CT molecular complexity index is 470. The van der Waals surface area contributed by atoms with Gasteiger partial charge in [-0.05, 0) is 37.6 Å². The maximum Gasteiger partial charge on any atom is 0.238 e. The second-order valence-electron chi connectivity index (χ2n) is 4.70. The first-order valence-corrected chi connectivity index (χ1v) is 6.58. The summed E-state index contributed by atoms with van der Waals surface area (Å²) in [5.41, 5.74) is 0.394. The highest BCUT2D eigenvalue weighted by molar-refractivity contribution is 6.33. The highest BCUT2D eigenvalue weighted by Gasteiger charge is 2.19. The summed E-state index contributed by atoms with van der Waals surface area (Å²) < 4.78 is 12.9. The molecule has 0 bridgehead atoms. The minimum Gasteiger partial charge on any atom is -0.392 e. The first kappa shape index (κ1) is 14.2. The van der Waals surface area contributed by atoms with Crippen LogP contribution < -0.4 is 5.32 Å². The molecule has 2 N–H and O–H groups in total. The molecule has 1 fully saturated rings. The topological polar surface area (TPSA) is 52.6 Å². The van der Waals surface area contributed by atoms with Crippen molar-refractivity contribution < 1.29 is 14.3 Å². The Labute approximate surface area is 116 Å². The Balaban J connectivity index is 1.90. The Morgan fingerprint density at radius 3 is 3.05 bits per heavy atom. The maximum absolute atomic E-state index is 12.9. The molecule has 1 aromatic rings. The number of benzene rings is 1. The van der Waals surface area contributed by atoms with Gasteiger partial charge in [-0.15, -0.1) is 0 Å². The van der Waals surface area contributed by atoms with Crippen molar-refractivity contribution in [2.24, 2.45) is 0 Å². The maximum atomic E-state index is 12.9. The molecule has 1 unspecified atom stereocenters. The summed E-state index contributed by atoms with van der Waals surface area (Å²) in [5, 5.41) is 12.3. The molecule has 104 valence electrons. The summed E-state index contributed by atoms with van der Waals surface area (Å²) in [6.45, 7) is 1.50. The number of anilines is 1. The van der Waals surface area contributed by atoms with Gasteiger partial charge >= 0.3 is 0 Å². The first-order chi connectivity index (χ1) is 9.04. The van der Waals surface area contributed by atoms with E-state index < -0.39 is 5.82 Å². The zero-order valence-corrected chi connectivity index (χ0v) is 11.2. The van der Waals surface area contributed by atoms with Crippen LogP contribution >= 0.6 is 11.6 Å². The fourth-order valence-electron chi connectivity index (χ4n) is 2.16. The van der Waals surface area contributed by atoms with Crippen molar-refractivity contribution in [3.05, 3.63) is 29.0 Å². The largest absolute Gasteiger partial charge is 0.392 e. The van der Waals surface area contributed by atoms with Crippen LogP contribution in [0.25, 0.3) is 0 Å². The number of nitrogens with zero attached hydrogens (tertiary/aromatic N) is 1. The van der Waals surface area contributed by atoms with E-state index in [1.165, 1.54) is 12.1 Å². The summed E-state index contributed by atoms with van der Waals surface area (Å²) in [6.07, 6.45) is 1.30. The molecule has 0 radical (unpaired) electrons. The smallest absolute Gasteiger partial charge is 0.238 e. The van der Waals surface area contributed by atoms with Crippen LogP contribution in [0.5, 0.6) is 0 Å². The SMILES string of the molecule is O=C(CN1CCCC(O)C1)Nc1ccc(F)cc1Cl. The standard InChI is InChI=1S/C13H16ClFN2O2/c14-11-6-9(15)3-4-12(11)16-13(19)8-17-5-1-2-10(18)7-17/h3-4,6,10,18H,1-2,5,7-8H2,(H,16,19). The van der Waals surface area contributed by atoms with E-state index in [4.69, 9.17) is 11.6 Å². The molecule has 6 heteroatoms. The lowest BCUT2D eigenvalue weighted by molar-refractivity contribution is -0.118. The number of aliphatic hydroxyl groups excluding tert-OH is 1. The molecule has 0 aliphatic carbocycles. The molecule has 0 aromatic heterocycles. The number of carbonyl (C=O) groups is 1. The average molecular weight is 287 g/mol. The van der Waals surface area contributed by atoms with Gasteiger partial charge in [-0.25, -0.2) is 4.39 Å². The number of hydrogen-bond acceptors (Lipinski definition) is 3. The van der Waals surface area contributed by atoms with Crippen molar-refractivity contribution in [1.29, 1.82) is 0 Å². The van der Waals surface area contributed by atoms with Crippen LogP contribution in [0.4, 0.5) is 10.1 Å². The molecule has 0 saturated carbocycles. The third-order valence-corrected chi connectivity index (χ3v) is 3.37. The molecule has 1 aliphatic heterocycles. The zero-order chi connectivity index (χ0) is 13.8. The molecular weight excluding hydrogens is 271 g/mol. The van der Waals surface area contributed by atoms with Gasteiger partial charge in [-0.3, -0.25) is 9.69 Å². The van der Waals surface area contributed by atoms with Crippen molar-refractivity contribution in [3.63, 3.8) is 0 Å². The van der Waals surface area contributed by atoms with E-state index in [1.54, 1.807) is 0 Å². The number of carbonyl (C=O) groups excluding carboxylic acids is 1. The molecule has 1 amide bonds. The zero-order valence-electron chi connectivity index (χ0n) is 10.4. The van der Waals surface area contributed by atoms with Crippen LogP contribution in [0.3, 0.4) is 0 Å². The fraction of sp³-hybridized carbons (Fsp3) is 0.462. The molecule has 4 nitrogen and oxygen atoms in total. The van der Waals surface area contributed by atoms with Crippen LogP contribution in [0.2, 0.25) is 5.02 Å². The monoisotopic (exact) mass is 286 g/mol. The van der Waals surface area contributed by atoms with Crippen LogP contribution in [-0.4, -0.2) is 41.7 Å². The van der Waals surface area contributed by atoms with E-state index in [-0.39, 0.29) is 23.6 Å². The predicted octanol–water partition coefficient (Wildman–Crippen LogP) is 1.87. The van der Waals surface area contributed by atoms with E-state index in [9.17, 15) is 14.3 Å². The summed E-state index contributed by atoms with van der Waals surface area (Å²) in [5.74, 6) is -0.662. The first-order valence-electron chi connectivity index (χ1n) is 6.20. The number of β-amino-alcohol motifs (C(OH)–C–C–N with tert-alkyl or cyclic N) is 1. The number of aliphatic hydroxyl groups is 1. The fourth-order valence-corrected chi connectivity index (χ4v) is 2.37. The Kier molecular flexibility index (Phi) is 4.74. The summed E-state index contributed by atoms with van der Waals surface area (Å²) >= 11 is 5.83. The van der Waals surface area contributed by atoms with Crippen LogP contribution in [0, 0.1) is 5.82 Å². The van der Waals surface area contributed by atoms with Gasteiger partial charge in [-0.1, -0.05) is 11.6 Å². The van der Waals surface area contributed by atoms with Crippen molar-refractivity contribution >= 4 is 23.2 Å². The molecule has 1 saturated heterocycles. The van der Waals surface area contributed by atoms with Gasteiger partial charge < -0.3 is 10.4 Å². The average Bonchev–Trinajstić information content (AvgIpc) is 2.33. The molecular formula is C13H16ClFN2O2. The lowest BCUT2D eigenvalue weighted by Crippen LogP contribution is -2.42. The van der Waals surface area contributed by atoms with Crippen LogP contribution in [-0.2, 0) is 4.79 Å². The van der Waals surface area contributed by atoms with Crippen LogP contribution in [0.15, 0.2) is 18.2 Å². The van der Waals surface area contributed by atoms with E-state index >= 15 is 0 Å². The molecule has 1 heterocycles. The molecule has 1 atom stereocenters. The summed E-state index contributed by atoms with van der Waals surface area (Å²) in [6, 6.07) is 3.83. The normalized spacial score (nSPS) is 20.3. The number of hydrogen-bond donors (Lipinski definition) is 2. The number of nitrogens with one attached hydrogen (secondary N) is 1. The predicted molar refractivity (Wildman–Crippen MR) is 71.7 cm³/mol. The van der Waals surface area contributed by atoms with E-state index in [2.05, 4.69) is 5.32 Å². The molecule has 1 aliphatic rings. The van der Waals surface area contributed by atoms with Gasteiger partial charge in [0.05, 0.1) is 23.4 Å². The molecule has 1 aromatic carbocycles. The van der Waals surface area contributed by atoms with Gasteiger partial charge in [0.15, 0.2) is 0 Å². The minimum absolute atomic E-state index is 0.173. The van der Waals surface area contributed by atoms with Gasteiger partial charge in [0.25, 0.3) is 0 Å². The highest BCUT2D eigenvalue weighted by Crippen LogP contribution is 2.22. The van der Waals surface area contributed by atoms with Crippen molar-refractivity contribution in [2.75, 3.05) is 25.0 Å². The van der Waals surface area contributed by atoms with Crippen molar-refractivity contribution in [2.45, 2.75) is 18.9 Å². The second kappa shape index (κ2) is 6.32. The Hall–Kier alpha value is -1.17. The van der Waals surface area contributed by atoms with E-state index in [1.807, 2.05) is 4.90 Å². The third kappa shape index (κ3) is 4.16. The number of likely N-dealkylation sites (tertiary alicyclic amines) is 1. The lowest BCUT2D eigenvalue weighted by atomic mass is 10.1. The third-order valence-electron chi connectivity index (χ3n) is 3.05. The highest BCUT2D eigenvalue weighted by atomic mass is 35.5. The Morgan fingerprint density at radius 2 is 2.37 bits per heavy atom. The second-order valence-corrected chi connectivity index (χ2v) is 5.11. The minimum atomic E-state index is -0.442. The van der Waals surface area contributed by atoms with E-state index in [0.29, 0.717) is 12.2 Å². The Morgan fingerprint density at radius 1 is 1.58 bits per heavy atom. The molecule has 2 rings (SSSR count). The van der Waals surface area contributed by atoms with Gasteiger partial charge in [0.1, 0.15) is 5.82 Å². The van der Waals surface area contributed by atoms with Gasteiger partial charge in [0, 0.05) is 6.54 Å². The van der Waals surface area contributed by atoms with Crippen molar-refractivity contribution in [3.8, 4) is 0 Å². The van der Waals surface area contributed by atoms with Gasteiger partial charge in [-0.2, -0.15) is 0 Å². The quantitative estimate of drug-likeness (QED) is 0.892.